The maximum Gasteiger partial charge on any atom is 0.265 e. The third kappa shape index (κ3) is 2.81. The van der Waals surface area contributed by atoms with E-state index in [0.717, 1.165) is 6.42 Å². The van der Waals surface area contributed by atoms with Gasteiger partial charge in [-0.25, -0.2) is 4.98 Å². The second-order valence-corrected chi connectivity index (χ2v) is 6.28. The van der Waals surface area contributed by atoms with Gasteiger partial charge < -0.3 is 10.6 Å². The van der Waals surface area contributed by atoms with Gasteiger partial charge in [-0.15, -0.1) is 0 Å². The van der Waals surface area contributed by atoms with Crippen LogP contribution in [-0.2, 0) is 0 Å². The molecule has 1 atom stereocenters. The van der Waals surface area contributed by atoms with E-state index < -0.39 is 0 Å². The van der Waals surface area contributed by atoms with E-state index in [9.17, 15) is 9.59 Å². The van der Waals surface area contributed by atoms with Gasteiger partial charge in [0.1, 0.15) is 6.33 Å². The Morgan fingerprint density at radius 1 is 1.12 bits per heavy atom. The third-order valence-electron chi connectivity index (χ3n) is 4.57. The topological polar surface area (TPSA) is 81.2 Å². The third-order valence-corrected chi connectivity index (χ3v) is 4.57. The van der Waals surface area contributed by atoms with Crippen molar-refractivity contribution in [2.45, 2.75) is 12.5 Å². The zero-order valence-electron chi connectivity index (χ0n) is 13.6. The number of nitrogens with zero attached hydrogens (tertiary/aromatic N) is 3. The highest BCUT2D eigenvalue weighted by Gasteiger charge is 2.24. The van der Waals surface area contributed by atoms with E-state index in [0.29, 0.717) is 35.2 Å². The summed E-state index contributed by atoms with van der Waals surface area (Å²) in [6.07, 6.45) is 2.35. The summed E-state index contributed by atoms with van der Waals surface area (Å²) < 4.78 is 1.49. The lowest BCUT2D eigenvalue weighted by molar-refractivity contribution is 0.0791. The number of hydrogen-bond donors (Lipinski definition) is 1. The van der Waals surface area contributed by atoms with Gasteiger partial charge in [-0.3, -0.25) is 14.2 Å². The zero-order valence-corrected chi connectivity index (χ0v) is 13.6. The SMILES string of the molecule is NC1CCN(C(=O)c2ccc(-n3cnc4ccccc4c3=O)cc2)C1. The number of carbonyl (C=O) groups excluding carboxylic acids is 1. The lowest BCUT2D eigenvalue weighted by Gasteiger charge is -2.16. The van der Waals surface area contributed by atoms with E-state index in [1.54, 1.807) is 35.2 Å². The van der Waals surface area contributed by atoms with Crippen LogP contribution in [0.4, 0.5) is 0 Å². The number of carbonyl (C=O) groups is 1. The van der Waals surface area contributed by atoms with Crippen LogP contribution in [0.3, 0.4) is 0 Å². The fourth-order valence-electron chi connectivity index (χ4n) is 3.17. The Bertz CT molecular complexity index is 994. The molecule has 0 saturated carbocycles. The average Bonchev–Trinajstić information content (AvgIpc) is 3.08. The standard InChI is InChI=1S/C19H18N4O2/c20-14-9-10-22(11-14)18(24)13-5-7-15(8-6-13)23-12-21-17-4-2-1-3-16(17)19(23)25/h1-8,12,14H,9-11,20H2. The Labute approximate surface area is 144 Å². The van der Waals surface area contributed by atoms with E-state index in [1.165, 1.54) is 10.9 Å². The summed E-state index contributed by atoms with van der Waals surface area (Å²) in [5, 5.41) is 0.566. The monoisotopic (exact) mass is 334 g/mol. The van der Waals surface area contributed by atoms with Crippen LogP contribution in [0.15, 0.2) is 59.7 Å². The smallest absolute Gasteiger partial charge is 0.265 e. The average molecular weight is 334 g/mol. The highest BCUT2D eigenvalue weighted by molar-refractivity contribution is 5.94. The first-order chi connectivity index (χ1) is 12.1. The summed E-state index contributed by atoms with van der Waals surface area (Å²) >= 11 is 0. The minimum absolute atomic E-state index is 0.0246. The molecule has 0 bridgehead atoms. The molecule has 1 unspecified atom stereocenters. The summed E-state index contributed by atoms with van der Waals surface area (Å²) in [5.41, 5.74) is 7.68. The first kappa shape index (κ1) is 15.5. The van der Waals surface area contributed by atoms with Gasteiger partial charge in [0.2, 0.25) is 0 Å². The first-order valence-electron chi connectivity index (χ1n) is 8.25. The van der Waals surface area contributed by atoms with Crippen molar-refractivity contribution in [1.82, 2.24) is 14.5 Å². The van der Waals surface area contributed by atoms with Crippen molar-refractivity contribution < 1.29 is 4.79 Å². The molecule has 2 heterocycles. The van der Waals surface area contributed by atoms with Gasteiger partial charge in [0.25, 0.3) is 11.5 Å². The van der Waals surface area contributed by atoms with Crippen molar-refractivity contribution in [3.05, 3.63) is 70.8 Å². The summed E-state index contributed by atoms with van der Waals surface area (Å²) in [5.74, 6) is -0.0246. The van der Waals surface area contributed by atoms with Crippen LogP contribution in [-0.4, -0.2) is 39.5 Å². The molecular weight excluding hydrogens is 316 g/mol. The number of hydrogen-bond acceptors (Lipinski definition) is 4. The van der Waals surface area contributed by atoms with Crippen molar-refractivity contribution in [2.24, 2.45) is 5.73 Å². The van der Waals surface area contributed by atoms with Crippen LogP contribution < -0.4 is 11.3 Å². The van der Waals surface area contributed by atoms with Crippen LogP contribution in [0.2, 0.25) is 0 Å². The summed E-state index contributed by atoms with van der Waals surface area (Å²) in [7, 11) is 0. The number of para-hydroxylation sites is 1. The van der Waals surface area contributed by atoms with E-state index in [-0.39, 0.29) is 17.5 Å². The van der Waals surface area contributed by atoms with Crippen molar-refractivity contribution in [2.75, 3.05) is 13.1 Å². The molecule has 1 aromatic heterocycles. The van der Waals surface area contributed by atoms with Crippen LogP contribution in [0.25, 0.3) is 16.6 Å². The number of aromatic nitrogens is 2. The van der Waals surface area contributed by atoms with E-state index in [2.05, 4.69) is 4.98 Å². The van der Waals surface area contributed by atoms with E-state index in [4.69, 9.17) is 5.73 Å². The molecule has 25 heavy (non-hydrogen) atoms. The second kappa shape index (κ2) is 6.14. The number of fused-ring (bicyclic) bond motifs is 1. The number of benzene rings is 2. The Balaban J connectivity index is 1.65. The van der Waals surface area contributed by atoms with Gasteiger partial charge in [-0.05, 0) is 42.8 Å². The summed E-state index contributed by atoms with van der Waals surface area (Å²) in [6.45, 7) is 1.28. The molecule has 0 aliphatic carbocycles. The Hall–Kier alpha value is -2.99. The molecule has 3 aromatic rings. The molecule has 0 spiro atoms. The lowest BCUT2D eigenvalue weighted by Crippen LogP contribution is -2.31. The number of rotatable bonds is 2. The van der Waals surface area contributed by atoms with Crippen molar-refractivity contribution >= 4 is 16.8 Å². The highest BCUT2D eigenvalue weighted by Crippen LogP contribution is 2.15. The maximum atomic E-state index is 12.6. The normalized spacial score (nSPS) is 17.2. The number of likely N-dealkylation sites (tertiary alicyclic amines) is 1. The molecule has 6 heteroatoms. The molecule has 4 rings (SSSR count). The van der Waals surface area contributed by atoms with Gasteiger partial charge in [0.05, 0.1) is 16.6 Å². The van der Waals surface area contributed by atoms with Gasteiger partial charge in [0, 0.05) is 24.7 Å². The minimum atomic E-state index is -0.129. The minimum Gasteiger partial charge on any atom is -0.337 e. The fraction of sp³-hybridized carbons (Fsp3) is 0.211. The van der Waals surface area contributed by atoms with Gasteiger partial charge in [0.15, 0.2) is 0 Å². The molecule has 1 aliphatic rings. The van der Waals surface area contributed by atoms with Crippen LogP contribution in [0.1, 0.15) is 16.8 Å². The maximum absolute atomic E-state index is 12.6. The molecule has 1 aliphatic heterocycles. The Morgan fingerprint density at radius 3 is 2.60 bits per heavy atom. The van der Waals surface area contributed by atoms with Crippen LogP contribution >= 0.6 is 0 Å². The van der Waals surface area contributed by atoms with Crippen LogP contribution in [0, 0.1) is 0 Å². The largest absolute Gasteiger partial charge is 0.337 e. The zero-order chi connectivity index (χ0) is 17.4. The molecule has 6 nitrogen and oxygen atoms in total. The van der Waals surface area contributed by atoms with E-state index >= 15 is 0 Å². The molecule has 0 radical (unpaired) electrons. The molecule has 2 N–H and O–H groups in total. The molecule has 1 saturated heterocycles. The van der Waals surface area contributed by atoms with Crippen molar-refractivity contribution in [3.63, 3.8) is 0 Å². The predicted octanol–water partition coefficient (Wildman–Crippen LogP) is 1.56. The lowest BCUT2D eigenvalue weighted by atomic mass is 10.1. The molecular formula is C19H18N4O2. The van der Waals surface area contributed by atoms with Crippen molar-refractivity contribution in [1.29, 1.82) is 0 Å². The molecule has 2 aromatic carbocycles. The number of nitrogens with two attached hydrogens (primary N) is 1. The molecule has 126 valence electrons. The molecule has 1 fully saturated rings. The van der Waals surface area contributed by atoms with Gasteiger partial charge in [-0.1, -0.05) is 12.1 Å². The Kier molecular flexibility index (Phi) is 3.82. The van der Waals surface area contributed by atoms with Gasteiger partial charge in [-0.2, -0.15) is 0 Å². The number of amides is 1. The summed E-state index contributed by atoms with van der Waals surface area (Å²) in [4.78, 5) is 31.2. The van der Waals surface area contributed by atoms with E-state index in [1.807, 2.05) is 18.2 Å². The Morgan fingerprint density at radius 2 is 1.88 bits per heavy atom. The van der Waals surface area contributed by atoms with Crippen LogP contribution in [0.5, 0.6) is 0 Å². The van der Waals surface area contributed by atoms with Gasteiger partial charge >= 0.3 is 0 Å². The fourth-order valence-corrected chi connectivity index (χ4v) is 3.17. The quantitative estimate of drug-likeness (QED) is 0.771. The predicted molar refractivity (Wildman–Crippen MR) is 95.8 cm³/mol. The van der Waals surface area contributed by atoms with Crippen molar-refractivity contribution in [3.8, 4) is 5.69 Å². The highest BCUT2D eigenvalue weighted by atomic mass is 16.2. The first-order valence-corrected chi connectivity index (χ1v) is 8.25. The molecule has 1 amide bonds. The second-order valence-electron chi connectivity index (χ2n) is 6.28. The summed E-state index contributed by atoms with van der Waals surface area (Å²) in [6, 6.07) is 14.3.